The van der Waals surface area contributed by atoms with Crippen LogP contribution in [0.5, 0.6) is 0 Å². The molecule has 2 heterocycles. The highest BCUT2D eigenvalue weighted by molar-refractivity contribution is 7.15. The van der Waals surface area contributed by atoms with Crippen molar-refractivity contribution in [1.29, 1.82) is 0 Å². The summed E-state index contributed by atoms with van der Waals surface area (Å²) in [4.78, 5) is 26.1. The molecule has 1 saturated heterocycles. The number of amides is 2. The molecule has 1 aliphatic rings. The van der Waals surface area contributed by atoms with Crippen molar-refractivity contribution in [3.05, 3.63) is 21.9 Å². The van der Waals surface area contributed by atoms with E-state index in [4.69, 9.17) is 11.5 Å². The zero-order valence-corrected chi connectivity index (χ0v) is 12.3. The number of thiophene rings is 1. The lowest BCUT2D eigenvalue weighted by atomic mass is 10.1. The van der Waals surface area contributed by atoms with E-state index in [0.29, 0.717) is 28.8 Å². The average Bonchev–Trinajstić information content (AvgIpc) is 2.94. The van der Waals surface area contributed by atoms with E-state index in [1.165, 1.54) is 0 Å². The van der Waals surface area contributed by atoms with Crippen LogP contribution in [0.25, 0.3) is 0 Å². The molecule has 1 aliphatic heterocycles. The Balaban J connectivity index is 0.00000180. The molecule has 1 fully saturated rings. The Labute approximate surface area is 122 Å². The van der Waals surface area contributed by atoms with Crippen molar-refractivity contribution in [2.45, 2.75) is 19.4 Å². The van der Waals surface area contributed by atoms with Crippen molar-refractivity contribution in [2.75, 3.05) is 13.1 Å². The number of halogens is 1. The maximum absolute atomic E-state index is 12.3. The van der Waals surface area contributed by atoms with Gasteiger partial charge in [0.2, 0.25) is 0 Å². The molecule has 0 radical (unpaired) electrons. The van der Waals surface area contributed by atoms with E-state index < -0.39 is 5.91 Å². The minimum atomic E-state index is -0.492. The lowest BCUT2D eigenvalue weighted by Gasteiger charge is -2.20. The smallest absolute Gasteiger partial charge is 0.264 e. The summed E-state index contributed by atoms with van der Waals surface area (Å²) in [5.74, 6) is -0.149. The second kappa shape index (κ2) is 6.36. The molecular formula is C12H18ClN3O2S. The van der Waals surface area contributed by atoms with Crippen LogP contribution in [0.15, 0.2) is 12.1 Å². The maximum atomic E-state index is 12.3. The summed E-state index contributed by atoms with van der Waals surface area (Å²) in [7, 11) is 0. The van der Waals surface area contributed by atoms with Crippen LogP contribution in [0.1, 0.15) is 32.7 Å². The van der Waals surface area contributed by atoms with Crippen LogP contribution in [-0.4, -0.2) is 35.8 Å². The number of primary amides is 1. The fraction of sp³-hybridized carbons (Fsp3) is 0.500. The third-order valence-electron chi connectivity index (χ3n) is 3.32. The molecule has 2 rings (SSSR count). The van der Waals surface area contributed by atoms with Gasteiger partial charge >= 0.3 is 0 Å². The first kappa shape index (κ1) is 15.9. The van der Waals surface area contributed by atoms with Gasteiger partial charge in [-0.05, 0) is 37.9 Å². The molecule has 2 amide bonds. The average molecular weight is 304 g/mol. The van der Waals surface area contributed by atoms with Gasteiger partial charge in [-0.15, -0.1) is 23.7 Å². The number of nitrogens with two attached hydrogens (primary N) is 2. The molecule has 5 nitrogen and oxygen atoms in total. The normalized spacial score (nSPS) is 22.1. The van der Waals surface area contributed by atoms with E-state index >= 15 is 0 Å². The number of hydrogen-bond donors (Lipinski definition) is 2. The molecule has 19 heavy (non-hydrogen) atoms. The lowest BCUT2D eigenvalue weighted by molar-refractivity contribution is 0.0748. The predicted octanol–water partition coefficient (Wildman–Crippen LogP) is 1.08. The number of carbonyl (C=O) groups is 2. The van der Waals surface area contributed by atoms with Gasteiger partial charge in [0.25, 0.3) is 11.8 Å². The van der Waals surface area contributed by atoms with Gasteiger partial charge in [0.05, 0.1) is 9.75 Å². The first-order valence-corrected chi connectivity index (χ1v) is 6.75. The summed E-state index contributed by atoms with van der Waals surface area (Å²) in [6.07, 6.45) is 0.941. The van der Waals surface area contributed by atoms with Crippen LogP contribution in [0.4, 0.5) is 0 Å². The molecule has 0 bridgehead atoms. The number of nitrogens with zero attached hydrogens (tertiary/aromatic N) is 1. The molecule has 7 heteroatoms. The molecular weight excluding hydrogens is 286 g/mol. The van der Waals surface area contributed by atoms with Crippen LogP contribution < -0.4 is 11.5 Å². The quantitative estimate of drug-likeness (QED) is 0.875. The van der Waals surface area contributed by atoms with E-state index in [0.717, 1.165) is 17.8 Å². The van der Waals surface area contributed by atoms with Crippen molar-refractivity contribution < 1.29 is 9.59 Å². The molecule has 0 aliphatic carbocycles. The first-order valence-electron chi connectivity index (χ1n) is 5.93. The Morgan fingerprint density at radius 2 is 2.05 bits per heavy atom. The molecule has 2 atom stereocenters. The lowest BCUT2D eigenvalue weighted by Crippen LogP contribution is -2.33. The molecule has 0 spiro atoms. The van der Waals surface area contributed by atoms with Crippen molar-refractivity contribution in [3.63, 3.8) is 0 Å². The van der Waals surface area contributed by atoms with Crippen molar-refractivity contribution in [3.8, 4) is 0 Å². The summed E-state index contributed by atoms with van der Waals surface area (Å²) < 4.78 is 0. The number of rotatable bonds is 3. The molecule has 2 unspecified atom stereocenters. The molecule has 1 aromatic heterocycles. The van der Waals surface area contributed by atoms with Crippen molar-refractivity contribution in [2.24, 2.45) is 17.4 Å². The van der Waals surface area contributed by atoms with Gasteiger partial charge in [0, 0.05) is 12.6 Å². The number of carbonyl (C=O) groups excluding carboxylic acids is 2. The minimum Gasteiger partial charge on any atom is -0.365 e. The monoisotopic (exact) mass is 303 g/mol. The molecule has 4 N–H and O–H groups in total. The van der Waals surface area contributed by atoms with E-state index in [1.807, 2.05) is 11.8 Å². The van der Waals surface area contributed by atoms with Crippen LogP contribution in [0.3, 0.4) is 0 Å². The minimum absolute atomic E-state index is 0. The standard InChI is InChI=1S/C12H17N3O2S.ClH/c1-7-4-8(5-13)6-15(7)12(17)10-3-2-9(18-10)11(14)16;/h2-3,7-8H,4-6,13H2,1H3,(H2,14,16);1H. The van der Waals surface area contributed by atoms with Crippen LogP contribution in [0, 0.1) is 5.92 Å². The molecule has 0 aromatic carbocycles. The maximum Gasteiger partial charge on any atom is 0.264 e. The highest BCUT2D eigenvalue weighted by atomic mass is 35.5. The molecule has 1 aromatic rings. The van der Waals surface area contributed by atoms with Gasteiger partial charge in [-0.25, -0.2) is 0 Å². The molecule has 0 saturated carbocycles. The number of hydrogen-bond acceptors (Lipinski definition) is 4. The van der Waals surface area contributed by atoms with E-state index in [2.05, 4.69) is 0 Å². The summed E-state index contributed by atoms with van der Waals surface area (Å²) in [6.45, 7) is 3.32. The third-order valence-corrected chi connectivity index (χ3v) is 4.40. The van der Waals surface area contributed by atoms with Crippen LogP contribution in [0.2, 0.25) is 0 Å². The van der Waals surface area contributed by atoms with Crippen molar-refractivity contribution in [1.82, 2.24) is 4.90 Å². The van der Waals surface area contributed by atoms with Gasteiger partial charge in [-0.2, -0.15) is 0 Å². The van der Waals surface area contributed by atoms with Gasteiger partial charge < -0.3 is 16.4 Å². The second-order valence-electron chi connectivity index (χ2n) is 4.67. The largest absolute Gasteiger partial charge is 0.365 e. The van der Waals surface area contributed by atoms with Gasteiger partial charge in [-0.1, -0.05) is 0 Å². The fourth-order valence-corrected chi connectivity index (χ4v) is 3.14. The highest BCUT2D eigenvalue weighted by Gasteiger charge is 2.32. The van der Waals surface area contributed by atoms with E-state index in [9.17, 15) is 9.59 Å². The fourth-order valence-electron chi connectivity index (χ4n) is 2.32. The predicted molar refractivity (Wildman–Crippen MR) is 77.7 cm³/mol. The topological polar surface area (TPSA) is 89.4 Å². The Hall–Kier alpha value is -1.11. The van der Waals surface area contributed by atoms with Crippen LogP contribution in [-0.2, 0) is 0 Å². The van der Waals surface area contributed by atoms with Gasteiger partial charge in [0.1, 0.15) is 0 Å². The summed E-state index contributed by atoms with van der Waals surface area (Å²) in [5.41, 5.74) is 10.8. The third kappa shape index (κ3) is 3.26. The van der Waals surface area contributed by atoms with Crippen LogP contribution >= 0.6 is 23.7 Å². The van der Waals surface area contributed by atoms with Crippen molar-refractivity contribution >= 4 is 35.6 Å². The Bertz CT molecular complexity index is 477. The number of likely N-dealkylation sites (tertiary alicyclic amines) is 1. The Morgan fingerprint density at radius 1 is 1.42 bits per heavy atom. The summed E-state index contributed by atoms with van der Waals surface area (Å²) in [6, 6.07) is 3.46. The van der Waals surface area contributed by atoms with Gasteiger partial charge in [0.15, 0.2) is 0 Å². The SMILES string of the molecule is CC1CC(CN)CN1C(=O)c1ccc(C(N)=O)s1.Cl. The highest BCUT2D eigenvalue weighted by Crippen LogP contribution is 2.26. The Kier molecular flexibility index (Phi) is 5.34. The van der Waals surface area contributed by atoms with E-state index in [1.54, 1.807) is 12.1 Å². The molecule has 106 valence electrons. The Morgan fingerprint density at radius 3 is 2.53 bits per heavy atom. The summed E-state index contributed by atoms with van der Waals surface area (Å²) >= 11 is 1.15. The summed E-state index contributed by atoms with van der Waals surface area (Å²) in [5, 5.41) is 0. The van der Waals surface area contributed by atoms with E-state index in [-0.39, 0.29) is 24.4 Å². The second-order valence-corrected chi connectivity index (χ2v) is 5.76. The first-order chi connectivity index (χ1) is 8.52. The van der Waals surface area contributed by atoms with Gasteiger partial charge in [-0.3, -0.25) is 9.59 Å². The zero-order chi connectivity index (χ0) is 13.3. The zero-order valence-electron chi connectivity index (χ0n) is 10.7.